The van der Waals surface area contributed by atoms with Gasteiger partial charge >= 0.3 is 0 Å². The first kappa shape index (κ1) is 47.0. The van der Waals surface area contributed by atoms with Crippen molar-refractivity contribution < 1.29 is 26.2 Å². The van der Waals surface area contributed by atoms with Crippen molar-refractivity contribution in [1.29, 1.82) is 0 Å². The number of aromatic nitrogens is 3. The number of hydrogen-bond donors (Lipinski definition) is 1. The molecule has 0 aliphatic carbocycles. The fraction of sp³-hybridized carbons (Fsp3) is 0.156. The predicted octanol–water partition coefficient (Wildman–Crippen LogP) is 16.8. The Bertz CT molecular complexity index is 3470. The number of aryl methyl sites for hydroxylation is 1. The van der Waals surface area contributed by atoms with Crippen molar-refractivity contribution in [1.82, 2.24) is 14.5 Å². The Morgan fingerprint density at radius 2 is 1.07 bits per heavy atom. The molecule has 5 heteroatoms. The molecule has 0 amide bonds. The second-order valence-corrected chi connectivity index (χ2v) is 20.1. The minimum absolute atomic E-state index is 0. The number of phenols is 1. The molecule has 69 heavy (non-hydrogen) atoms. The molecule has 10 rings (SSSR count). The average molecular weight is 1080 g/mol. The summed E-state index contributed by atoms with van der Waals surface area (Å²) in [5.41, 5.74) is 19.9. The van der Waals surface area contributed by atoms with E-state index in [0.717, 1.165) is 83.6 Å². The van der Waals surface area contributed by atoms with E-state index in [1.807, 2.05) is 12.3 Å². The molecule has 344 valence electrons. The number of pyridine rings is 1. The van der Waals surface area contributed by atoms with Crippen LogP contribution in [-0.4, -0.2) is 19.6 Å². The molecule has 10 aromatic rings. The predicted molar refractivity (Wildman–Crippen MR) is 284 cm³/mol. The molecule has 2 heterocycles. The molecule has 4 nitrogen and oxygen atoms in total. The standard InChI is InChI=1S/C64H56N3O.Pt/c1-41-33-53(40-55(42(41)2)47-23-16-11-17-24-47)67-59-26-18-25-54(60(59)66-62(67)56-38-52(63(3,4)5)39-57(61(56)68)64(6,7)8)50-34-49(44-21-14-10-15-22-44)35-51(36-50)58-37-48(31-32-65-58)46-29-27-45(28-30-46)43-19-12-9-13-20-43;/h9-35,37-40,68H,1-8H3;/q-1;. The molecule has 0 aliphatic heterocycles. The molecule has 0 radical (unpaired) electrons. The van der Waals surface area contributed by atoms with Crippen molar-refractivity contribution in [2.75, 3.05) is 0 Å². The third-order valence-corrected chi connectivity index (χ3v) is 13.3. The molecule has 0 saturated carbocycles. The number of hydrogen-bond acceptors (Lipinski definition) is 3. The Kier molecular flexibility index (Phi) is 12.8. The van der Waals surface area contributed by atoms with Crippen molar-refractivity contribution in [3.05, 3.63) is 217 Å². The van der Waals surface area contributed by atoms with E-state index in [-0.39, 0.29) is 37.6 Å². The van der Waals surface area contributed by atoms with E-state index in [0.29, 0.717) is 11.4 Å². The minimum Gasteiger partial charge on any atom is -0.507 e. The Morgan fingerprint density at radius 3 is 1.70 bits per heavy atom. The maximum absolute atomic E-state index is 12.5. The van der Waals surface area contributed by atoms with Gasteiger partial charge in [0.2, 0.25) is 0 Å². The molecule has 0 bridgehead atoms. The van der Waals surface area contributed by atoms with Crippen LogP contribution >= 0.6 is 0 Å². The number of phenolic OH excluding ortho intramolecular Hbond substituents is 1. The van der Waals surface area contributed by atoms with Crippen LogP contribution in [0.15, 0.2) is 188 Å². The molecule has 0 saturated heterocycles. The minimum atomic E-state index is -0.330. The maximum Gasteiger partial charge on any atom is 0.148 e. The van der Waals surface area contributed by atoms with Gasteiger partial charge in [0.25, 0.3) is 0 Å². The van der Waals surface area contributed by atoms with Crippen molar-refractivity contribution >= 4 is 11.0 Å². The van der Waals surface area contributed by atoms with Gasteiger partial charge in [0.05, 0.1) is 16.6 Å². The molecule has 2 aromatic heterocycles. The van der Waals surface area contributed by atoms with Crippen molar-refractivity contribution in [3.8, 4) is 89.7 Å². The summed E-state index contributed by atoms with van der Waals surface area (Å²) in [7, 11) is 0. The second-order valence-electron chi connectivity index (χ2n) is 20.1. The Morgan fingerprint density at radius 1 is 0.493 bits per heavy atom. The van der Waals surface area contributed by atoms with Crippen LogP contribution in [0.1, 0.15) is 63.8 Å². The van der Waals surface area contributed by atoms with E-state index in [9.17, 15) is 5.11 Å². The third kappa shape index (κ3) is 9.27. The van der Waals surface area contributed by atoms with E-state index in [1.54, 1.807) is 0 Å². The zero-order valence-electron chi connectivity index (χ0n) is 40.5. The molecule has 0 fully saturated rings. The average Bonchev–Trinajstić information content (AvgIpc) is 3.74. The first-order valence-electron chi connectivity index (χ1n) is 23.5. The quantitative estimate of drug-likeness (QED) is 0.154. The van der Waals surface area contributed by atoms with Crippen LogP contribution in [0, 0.1) is 19.9 Å². The number of nitrogens with zero attached hydrogens (tertiary/aromatic N) is 3. The zero-order chi connectivity index (χ0) is 47.3. The van der Waals surface area contributed by atoms with Crippen LogP contribution in [-0.2, 0) is 31.9 Å². The summed E-state index contributed by atoms with van der Waals surface area (Å²) in [4.78, 5) is 10.6. The summed E-state index contributed by atoms with van der Waals surface area (Å²) in [6.07, 6.45) is 1.89. The van der Waals surface area contributed by atoms with Gasteiger partial charge in [-0.15, -0.1) is 23.8 Å². The summed E-state index contributed by atoms with van der Waals surface area (Å²) in [5, 5.41) is 12.5. The van der Waals surface area contributed by atoms with Gasteiger partial charge in [-0.25, -0.2) is 4.98 Å². The van der Waals surface area contributed by atoms with Crippen LogP contribution in [0.3, 0.4) is 0 Å². The Hall–Kier alpha value is -7.13. The monoisotopic (exact) mass is 1080 g/mol. The molecule has 8 aromatic carbocycles. The van der Waals surface area contributed by atoms with Gasteiger partial charge in [0.1, 0.15) is 11.6 Å². The second kappa shape index (κ2) is 18.7. The number of imidazole rings is 1. The van der Waals surface area contributed by atoms with E-state index < -0.39 is 0 Å². The number of benzene rings is 8. The number of fused-ring (bicyclic) bond motifs is 1. The van der Waals surface area contributed by atoms with Gasteiger partial charge in [-0.2, -0.15) is 0 Å². The van der Waals surface area contributed by atoms with Gasteiger partial charge in [0.15, 0.2) is 0 Å². The Labute approximate surface area is 421 Å². The SMILES string of the molecule is Cc1cc(-n2c(-c3cc(C(C)(C)C)cc(C(C)(C)C)c3O)nc3c(-c4[c-]c(-c5cc(-c6ccc(-c7ccccc7)cc6)ccn5)cc(-c5ccccc5)c4)cccc32)cc(-c2ccccc2)c1C.[Pt]. The van der Waals surface area contributed by atoms with E-state index >= 15 is 0 Å². The van der Waals surface area contributed by atoms with Crippen LogP contribution in [0.25, 0.3) is 95.0 Å². The normalized spacial score (nSPS) is 11.7. The van der Waals surface area contributed by atoms with Crippen molar-refractivity contribution in [2.24, 2.45) is 0 Å². The number of para-hydroxylation sites is 1. The summed E-state index contributed by atoms with van der Waals surface area (Å²) < 4.78 is 2.25. The van der Waals surface area contributed by atoms with Crippen molar-refractivity contribution in [3.63, 3.8) is 0 Å². The van der Waals surface area contributed by atoms with Gasteiger partial charge in [-0.1, -0.05) is 198 Å². The first-order chi connectivity index (χ1) is 32.7. The molecule has 0 atom stereocenters. The van der Waals surface area contributed by atoms with Crippen LogP contribution in [0.4, 0.5) is 0 Å². The topological polar surface area (TPSA) is 50.9 Å². The number of aromatic hydroxyl groups is 1. The molecular weight excluding hydrogens is 1020 g/mol. The fourth-order valence-corrected chi connectivity index (χ4v) is 9.35. The summed E-state index contributed by atoms with van der Waals surface area (Å²) in [6, 6.07) is 68.1. The molecule has 1 N–H and O–H groups in total. The van der Waals surface area contributed by atoms with Gasteiger partial charge in [0, 0.05) is 44.2 Å². The molecule has 0 aliphatic rings. The van der Waals surface area contributed by atoms with Gasteiger partial charge < -0.3 is 5.11 Å². The summed E-state index contributed by atoms with van der Waals surface area (Å²) in [6.45, 7) is 17.5. The van der Waals surface area contributed by atoms with E-state index in [2.05, 4.69) is 242 Å². The smallest absolute Gasteiger partial charge is 0.148 e. The van der Waals surface area contributed by atoms with Crippen LogP contribution < -0.4 is 0 Å². The first-order valence-corrected chi connectivity index (χ1v) is 23.5. The molecular formula is C64H56N3OPt-. The van der Waals surface area contributed by atoms with Crippen molar-refractivity contribution in [2.45, 2.75) is 66.2 Å². The molecule has 0 spiro atoms. The third-order valence-electron chi connectivity index (χ3n) is 13.3. The summed E-state index contributed by atoms with van der Waals surface area (Å²) >= 11 is 0. The van der Waals surface area contributed by atoms with Crippen LogP contribution in [0.5, 0.6) is 5.75 Å². The number of rotatable bonds is 8. The maximum atomic E-state index is 12.5. The van der Waals surface area contributed by atoms with Crippen LogP contribution in [0.2, 0.25) is 0 Å². The van der Waals surface area contributed by atoms with E-state index in [1.165, 1.54) is 22.3 Å². The van der Waals surface area contributed by atoms with Gasteiger partial charge in [-0.3, -0.25) is 9.55 Å². The fourth-order valence-electron chi connectivity index (χ4n) is 9.35. The van der Waals surface area contributed by atoms with Gasteiger partial charge in [-0.05, 0) is 111 Å². The van der Waals surface area contributed by atoms with E-state index in [4.69, 9.17) is 9.97 Å². The Balaban J connectivity index is 0.00000593. The zero-order valence-corrected chi connectivity index (χ0v) is 42.8. The molecule has 0 unspecified atom stereocenters. The largest absolute Gasteiger partial charge is 0.507 e. The summed E-state index contributed by atoms with van der Waals surface area (Å²) in [5.74, 6) is 0.923.